The van der Waals surface area contributed by atoms with Crippen molar-refractivity contribution in [2.24, 2.45) is 0 Å². The van der Waals surface area contributed by atoms with Gasteiger partial charge < -0.3 is 9.64 Å². The molecular weight excluding hydrogens is 200 g/mol. The summed E-state index contributed by atoms with van der Waals surface area (Å²) in [7, 11) is 1.69. The molecular formula is C13H18N2O. The minimum atomic E-state index is 0.794. The summed E-state index contributed by atoms with van der Waals surface area (Å²) in [6, 6.07) is 8.16. The van der Waals surface area contributed by atoms with Gasteiger partial charge in [0.15, 0.2) is 0 Å². The molecule has 1 saturated heterocycles. The van der Waals surface area contributed by atoms with E-state index in [4.69, 9.17) is 10.1 Å². The standard InChI is InChI=1S/C13H18N2O/c1-16-12-5-2-4-11(10-12)7-9-15-8-3-6-13(15)14/h2,4-5,10,14H,3,6-9H2,1H3. The summed E-state index contributed by atoms with van der Waals surface area (Å²) >= 11 is 0. The molecule has 2 rings (SSSR count). The highest BCUT2D eigenvalue weighted by Gasteiger charge is 2.15. The molecule has 0 spiro atoms. The third-order valence-corrected chi connectivity index (χ3v) is 3.03. The molecule has 0 aliphatic carbocycles. The molecule has 1 aromatic rings. The second kappa shape index (κ2) is 5.01. The molecule has 1 aliphatic rings. The molecule has 1 aliphatic heterocycles. The first kappa shape index (κ1) is 11.0. The fourth-order valence-corrected chi connectivity index (χ4v) is 2.07. The molecule has 3 nitrogen and oxygen atoms in total. The molecule has 1 N–H and O–H groups in total. The maximum absolute atomic E-state index is 7.75. The zero-order chi connectivity index (χ0) is 11.4. The molecule has 16 heavy (non-hydrogen) atoms. The predicted octanol–water partition coefficient (Wildman–Crippen LogP) is 2.31. The molecule has 0 radical (unpaired) electrons. The maximum atomic E-state index is 7.75. The first-order valence-electron chi connectivity index (χ1n) is 5.75. The summed E-state index contributed by atoms with van der Waals surface area (Å²) in [5.41, 5.74) is 1.28. The van der Waals surface area contributed by atoms with Crippen LogP contribution < -0.4 is 4.74 Å². The average molecular weight is 218 g/mol. The number of benzene rings is 1. The Labute approximate surface area is 96.5 Å². The van der Waals surface area contributed by atoms with Crippen molar-refractivity contribution >= 4 is 5.84 Å². The summed E-state index contributed by atoms with van der Waals surface area (Å²) in [5.74, 6) is 1.71. The third kappa shape index (κ3) is 2.54. The Morgan fingerprint density at radius 1 is 1.44 bits per heavy atom. The van der Waals surface area contributed by atoms with Crippen LogP contribution in [0.25, 0.3) is 0 Å². The number of amidine groups is 1. The number of nitrogens with zero attached hydrogens (tertiary/aromatic N) is 1. The molecule has 0 saturated carbocycles. The van der Waals surface area contributed by atoms with Gasteiger partial charge in [0.2, 0.25) is 0 Å². The van der Waals surface area contributed by atoms with Gasteiger partial charge in [-0.2, -0.15) is 0 Å². The molecule has 1 fully saturated rings. The summed E-state index contributed by atoms with van der Waals surface area (Å²) in [5, 5.41) is 7.75. The van der Waals surface area contributed by atoms with Gasteiger partial charge in [-0.05, 0) is 30.5 Å². The molecule has 0 bridgehead atoms. The van der Waals surface area contributed by atoms with E-state index >= 15 is 0 Å². The van der Waals surface area contributed by atoms with Gasteiger partial charge in [-0.15, -0.1) is 0 Å². The van der Waals surface area contributed by atoms with Crippen LogP contribution in [0.3, 0.4) is 0 Å². The van der Waals surface area contributed by atoms with E-state index in [0.717, 1.165) is 43.9 Å². The molecule has 1 heterocycles. The second-order valence-electron chi connectivity index (χ2n) is 4.14. The van der Waals surface area contributed by atoms with Gasteiger partial charge in [-0.25, -0.2) is 0 Å². The fraction of sp³-hybridized carbons (Fsp3) is 0.462. The minimum Gasteiger partial charge on any atom is -0.497 e. The van der Waals surface area contributed by atoms with Crippen LogP contribution in [0.15, 0.2) is 24.3 Å². The largest absolute Gasteiger partial charge is 0.497 e. The number of likely N-dealkylation sites (tertiary alicyclic amines) is 1. The van der Waals surface area contributed by atoms with Crippen molar-refractivity contribution in [2.45, 2.75) is 19.3 Å². The normalized spacial score (nSPS) is 15.6. The molecule has 0 aromatic heterocycles. The van der Waals surface area contributed by atoms with Crippen molar-refractivity contribution in [1.29, 1.82) is 5.41 Å². The van der Waals surface area contributed by atoms with Gasteiger partial charge in [0.05, 0.1) is 12.9 Å². The van der Waals surface area contributed by atoms with E-state index in [-0.39, 0.29) is 0 Å². The maximum Gasteiger partial charge on any atom is 0.119 e. The lowest BCUT2D eigenvalue weighted by molar-refractivity contribution is 0.413. The Morgan fingerprint density at radius 3 is 3.00 bits per heavy atom. The Morgan fingerprint density at radius 2 is 2.31 bits per heavy atom. The van der Waals surface area contributed by atoms with Crippen LogP contribution in [0.2, 0.25) is 0 Å². The number of hydrogen-bond donors (Lipinski definition) is 1. The van der Waals surface area contributed by atoms with Gasteiger partial charge in [-0.3, -0.25) is 5.41 Å². The smallest absolute Gasteiger partial charge is 0.119 e. The highest BCUT2D eigenvalue weighted by atomic mass is 16.5. The molecule has 0 atom stereocenters. The number of methoxy groups -OCH3 is 1. The van der Waals surface area contributed by atoms with Gasteiger partial charge in [-0.1, -0.05) is 12.1 Å². The molecule has 1 aromatic carbocycles. The van der Waals surface area contributed by atoms with E-state index < -0.39 is 0 Å². The van der Waals surface area contributed by atoms with Crippen molar-refractivity contribution in [3.8, 4) is 5.75 Å². The summed E-state index contributed by atoms with van der Waals surface area (Å²) in [6.07, 6.45) is 3.06. The van der Waals surface area contributed by atoms with Gasteiger partial charge in [0, 0.05) is 19.5 Å². The summed E-state index contributed by atoms with van der Waals surface area (Å²) in [4.78, 5) is 2.17. The van der Waals surface area contributed by atoms with E-state index in [9.17, 15) is 0 Å². The minimum absolute atomic E-state index is 0.794. The van der Waals surface area contributed by atoms with E-state index in [1.807, 2.05) is 12.1 Å². The van der Waals surface area contributed by atoms with Crippen molar-refractivity contribution in [2.75, 3.05) is 20.2 Å². The quantitative estimate of drug-likeness (QED) is 0.842. The Hall–Kier alpha value is -1.51. The highest BCUT2D eigenvalue weighted by Crippen LogP contribution is 2.15. The highest BCUT2D eigenvalue weighted by molar-refractivity contribution is 5.80. The third-order valence-electron chi connectivity index (χ3n) is 3.03. The van der Waals surface area contributed by atoms with E-state index in [1.165, 1.54) is 5.56 Å². The van der Waals surface area contributed by atoms with Crippen LogP contribution in [0.4, 0.5) is 0 Å². The lowest BCUT2D eigenvalue weighted by atomic mass is 10.1. The van der Waals surface area contributed by atoms with Crippen LogP contribution in [-0.2, 0) is 6.42 Å². The Bertz CT molecular complexity index is 376. The lowest BCUT2D eigenvalue weighted by Gasteiger charge is -2.17. The van der Waals surface area contributed by atoms with Crippen molar-refractivity contribution in [1.82, 2.24) is 4.90 Å². The SMILES string of the molecule is COc1cccc(CCN2CCCC2=N)c1. The van der Waals surface area contributed by atoms with E-state index in [1.54, 1.807) is 7.11 Å². The number of hydrogen-bond acceptors (Lipinski definition) is 2. The summed E-state index contributed by atoms with van der Waals surface area (Å²) < 4.78 is 5.19. The second-order valence-corrected chi connectivity index (χ2v) is 4.14. The van der Waals surface area contributed by atoms with Crippen molar-refractivity contribution in [3.05, 3.63) is 29.8 Å². The monoisotopic (exact) mass is 218 g/mol. The Kier molecular flexibility index (Phi) is 3.44. The molecule has 0 unspecified atom stereocenters. The van der Waals surface area contributed by atoms with E-state index in [2.05, 4.69) is 17.0 Å². The zero-order valence-corrected chi connectivity index (χ0v) is 9.70. The van der Waals surface area contributed by atoms with E-state index in [0.29, 0.717) is 0 Å². The number of ether oxygens (including phenoxy) is 1. The molecule has 0 amide bonds. The Balaban J connectivity index is 1.91. The zero-order valence-electron chi connectivity index (χ0n) is 9.70. The van der Waals surface area contributed by atoms with Gasteiger partial charge in [0.1, 0.15) is 5.75 Å². The van der Waals surface area contributed by atoms with Gasteiger partial charge >= 0.3 is 0 Å². The van der Waals surface area contributed by atoms with Crippen molar-refractivity contribution in [3.63, 3.8) is 0 Å². The fourth-order valence-electron chi connectivity index (χ4n) is 2.07. The van der Waals surface area contributed by atoms with Crippen LogP contribution in [0, 0.1) is 5.41 Å². The summed E-state index contributed by atoms with van der Waals surface area (Å²) in [6.45, 7) is 1.99. The van der Waals surface area contributed by atoms with Gasteiger partial charge in [0.25, 0.3) is 0 Å². The van der Waals surface area contributed by atoms with Crippen molar-refractivity contribution < 1.29 is 4.74 Å². The predicted molar refractivity (Wildman–Crippen MR) is 65.2 cm³/mol. The van der Waals surface area contributed by atoms with Crippen LogP contribution in [-0.4, -0.2) is 30.9 Å². The van der Waals surface area contributed by atoms with Crippen LogP contribution >= 0.6 is 0 Å². The van der Waals surface area contributed by atoms with Crippen LogP contribution in [0.1, 0.15) is 18.4 Å². The first-order chi connectivity index (χ1) is 7.79. The topological polar surface area (TPSA) is 36.3 Å². The lowest BCUT2D eigenvalue weighted by Crippen LogP contribution is -2.26. The molecule has 3 heteroatoms. The first-order valence-corrected chi connectivity index (χ1v) is 5.75. The average Bonchev–Trinajstić information content (AvgIpc) is 2.72. The van der Waals surface area contributed by atoms with Crippen LogP contribution in [0.5, 0.6) is 5.75 Å². The molecule has 86 valence electrons. The number of rotatable bonds is 4. The number of nitrogens with one attached hydrogen (secondary N) is 1.